The first-order valence-electron chi connectivity index (χ1n) is 4.64. The van der Waals surface area contributed by atoms with Gasteiger partial charge in [-0.3, -0.25) is 4.74 Å². The van der Waals surface area contributed by atoms with Crippen LogP contribution in [0.4, 0.5) is 13.2 Å². The summed E-state index contributed by atoms with van der Waals surface area (Å²) in [5, 5.41) is 7.01. The van der Waals surface area contributed by atoms with Crippen LogP contribution in [0.15, 0.2) is 10.8 Å². The molecule has 1 saturated carbocycles. The van der Waals surface area contributed by atoms with Crippen LogP contribution < -0.4 is 0 Å². The van der Waals surface area contributed by atoms with E-state index in [2.05, 4.69) is 14.9 Å². The third-order valence-corrected chi connectivity index (χ3v) is 2.20. The van der Waals surface area contributed by atoms with Crippen molar-refractivity contribution in [2.24, 2.45) is 0 Å². The van der Waals surface area contributed by atoms with Crippen molar-refractivity contribution in [1.29, 1.82) is 0 Å². The summed E-state index contributed by atoms with van der Waals surface area (Å²) < 4.78 is 49.1. The molecule has 1 heterocycles. The highest BCUT2D eigenvalue weighted by Crippen LogP contribution is 2.32. The first-order chi connectivity index (χ1) is 7.53. The molecule has 0 aliphatic heterocycles. The number of nitrogens with zero attached hydrogens (tertiary/aromatic N) is 2. The lowest BCUT2D eigenvalue weighted by Gasteiger charge is -2.34. The zero-order valence-electron chi connectivity index (χ0n) is 8.11. The molecule has 0 atom stereocenters. The molecular weight excluding hydrogens is 229 g/mol. The highest BCUT2D eigenvalue weighted by atomic mass is 19.4. The predicted molar refractivity (Wildman–Crippen MR) is 43.0 cm³/mol. The number of alkyl halides is 3. The second kappa shape index (κ2) is 4.38. The molecule has 1 aromatic rings. The third-order valence-electron chi connectivity index (χ3n) is 2.20. The lowest BCUT2D eigenvalue weighted by molar-refractivity contribution is -0.357. The number of halogens is 3. The smallest absolute Gasteiger partial charge is 0.425 e. The van der Waals surface area contributed by atoms with Gasteiger partial charge in [0.25, 0.3) is 0 Å². The van der Waals surface area contributed by atoms with Crippen molar-refractivity contribution < 1.29 is 27.1 Å². The van der Waals surface area contributed by atoms with Crippen LogP contribution in [0.2, 0.25) is 0 Å². The van der Waals surface area contributed by atoms with E-state index < -0.39 is 12.5 Å². The fourth-order valence-corrected chi connectivity index (χ4v) is 1.39. The van der Waals surface area contributed by atoms with E-state index in [1.807, 2.05) is 0 Å². The van der Waals surface area contributed by atoms with Gasteiger partial charge in [-0.2, -0.15) is 0 Å². The molecule has 16 heavy (non-hydrogen) atoms. The summed E-state index contributed by atoms with van der Waals surface area (Å²) in [7, 11) is 0. The van der Waals surface area contributed by atoms with Crippen molar-refractivity contribution in [1.82, 2.24) is 10.2 Å². The zero-order valence-corrected chi connectivity index (χ0v) is 8.11. The summed E-state index contributed by atoms with van der Waals surface area (Å²) in [4.78, 5) is 0. The Morgan fingerprint density at radius 2 is 2.12 bits per heavy atom. The first-order valence-corrected chi connectivity index (χ1v) is 4.64. The molecule has 0 amide bonds. The molecule has 0 aromatic carbocycles. The van der Waals surface area contributed by atoms with Crippen molar-refractivity contribution in [3.05, 3.63) is 12.3 Å². The molecule has 0 unspecified atom stereocenters. The van der Waals surface area contributed by atoms with E-state index in [9.17, 15) is 13.2 Å². The average Bonchev–Trinajstić information content (AvgIpc) is 2.59. The molecule has 0 spiro atoms. The SMILES string of the molecule is FC(F)(F)OC1CC(OCc2nnco2)C1. The van der Waals surface area contributed by atoms with Gasteiger partial charge < -0.3 is 9.15 Å². The molecule has 5 nitrogen and oxygen atoms in total. The predicted octanol–water partition coefficient (Wildman–Crippen LogP) is 1.65. The first kappa shape index (κ1) is 11.3. The quantitative estimate of drug-likeness (QED) is 0.798. The van der Waals surface area contributed by atoms with Crippen molar-refractivity contribution >= 4 is 0 Å². The Bertz CT molecular complexity index is 322. The number of hydrogen-bond donors (Lipinski definition) is 0. The van der Waals surface area contributed by atoms with Crippen LogP contribution in [0.1, 0.15) is 18.7 Å². The highest BCUT2D eigenvalue weighted by Gasteiger charge is 2.40. The Kier molecular flexibility index (Phi) is 3.10. The van der Waals surface area contributed by atoms with Gasteiger partial charge in [0.1, 0.15) is 6.61 Å². The lowest BCUT2D eigenvalue weighted by atomic mass is 9.92. The van der Waals surface area contributed by atoms with Crippen LogP contribution in [0.5, 0.6) is 0 Å². The van der Waals surface area contributed by atoms with Crippen molar-refractivity contribution in [2.75, 3.05) is 0 Å². The van der Waals surface area contributed by atoms with Crippen LogP contribution in [0, 0.1) is 0 Å². The van der Waals surface area contributed by atoms with E-state index in [1.165, 1.54) is 0 Å². The van der Waals surface area contributed by atoms with E-state index >= 15 is 0 Å². The van der Waals surface area contributed by atoms with Gasteiger partial charge >= 0.3 is 6.36 Å². The second-order valence-electron chi connectivity index (χ2n) is 3.42. The highest BCUT2D eigenvalue weighted by molar-refractivity contribution is 4.82. The maximum atomic E-state index is 11.8. The molecule has 2 rings (SSSR count). The summed E-state index contributed by atoms with van der Waals surface area (Å²) in [6.45, 7) is 0.114. The third kappa shape index (κ3) is 3.17. The number of ether oxygens (including phenoxy) is 2. The molecule has 1 aliphatic carbocycles. The standard InChI is InChI=1S/C8H9F3N2O3/c9-8(10,11)16-6-1-5(2-6)14-3-7-13-12-4-15-7/h4-6H,1-3H2. The Balaban J connectivity index is 1.62. The van der Waals surface area contributed by atoms with Gasteiger partial charge in [0.05, 0.1) is 12.2 Å². The van der Waals surface area contributed by atoms with Gasteiger partial charge in [0.15, 0.2) is 0 Å². The molecule has 8 heteroatoms. The average molecular weight is 238 g/mol. The van der Waals surface area contributed by atoms with Crippen molar-refractivity contribution in [3.63, 3.8) is 0 Å². The molecule has 0 N–H and O–H groups in total. The van der Waals surface area contributed by atoms with Gasteiger partial charge in [-0.05, 0) is 0 Å². The summed E-state index contributed by atoms with van der Waals surface area (Å²) in [5.74, 6) is 0.306. The van der Waals surface area contributed by atoms with Crippen LogP contribution in [0.3, 0.4) is 0 Å². The van der Waals surface area contributed by atoms with Gasteiger partial charge in [0, 0.05) is 12.8 Å². The van der Waals surface area contributed by atoms with Crippen LogP contribution in [-0.2, 0) is 16.1 Å². The second-order valence-corrected chi connectivity index (χ2v) is 3.42. The summed E-state index contributed by atoms with van der Waals surface area (Å²) >= 11 is 0. The molecule has 0 radical (unpaired) electrons. The minimum absolute atomic E-state index is 0.114. The minimum atomic E-state index is -4.57. The summed E-state index contributed by atoms with van der Waals surface area (Å²) in [6, 6.07) is 0. The normalized spacial score (nSPS) is 25.4. The molecule has 1 aliphatic rings. The monoisotopic (exact) mass is 238 g/mol. The van der Waals surface area contributed by atoms with E-state index in [-0.39, 0.29) is 25.6 Å². The van der Waals surface area contributed by atoms with Gasteiger partial charge in [-0.15, -0.1) is 23.4 Å². The van der Waals surface area contributed by atoms with E-state index in [0.717, 1.165) is 6.39 Å². The van der Waals surface area contributed by atoms with Crippen LogP contribution in [0.25, 0.3) is 0 Å². The Morgan fingerprint density at radius 3 is 2.69 bits per heavy atom. The van der Waals surface area contributed by atoms with E-state index in [4.69, 9.17) is 9.15 Å². The molecule has 0 bridgehead atoms. The van der Waals surface area contributed by atoms with E-state index in [0.29, 0.717) is 5.89 Å². The van der Waals surface area contributed by atoms with Crippen LogP contribution >= 0.6 is 0 Å². The zero-order chi connectivity index (χ0) is 11.6. The minimum Gasteiger partial charge on any atom is -0.425 e. The lowest BCUT2D eigenvalue weighted by Crippen LogP contribution is -2.40. The van der Waals surface area contributed by atoms with Gasteiger partial charge in [0.2, 0.25) is 12.3 Å². The Hall–Kier alpha value is -1.15. The topological polar surface area (TPSA) is 57.4 Å². The molecule has 0 saturated heterocycles. The maximum absolute atomic E-state index is 11.8. The van der Waals surface area contributed by atoms with Crippen LogP contribution in [-0.4, -0.2) is 28.8 Å². The Labute approximate surface area is 88.5 Å². The fourth-order valence-electron chi connectivity index (χ4n) is 1.39. The fraction of sp³-hybridized carbons (Fsp3) is 0.750. The molecular formula is C8H9F3N2O3. The molecule has 90 valence electrons. The summed E-state index contributed by atoms with van der Waals surface area (Å²) in [6.07, 6.45) is -3.98. The maximum Gasteiger partial charge on any atom is 0.522 e. The van der Waals surface area contributed by atoms with E-state index in [1.54, 1.807) is 0 Å². The molecule has 1 fully saturated rings. The largest absolute Gasteiger partial charge is 0.522 e. The molecule has 1 aromatic heterocycles. The number of hydrogen-bond acceptors (Lipinski definition) is 5. The van der Waals surface area contributed by atoms with Crippen molar-refractivity contribution in [2.45, 2.75) is 38.0 Å². The Morgan fingerprint density at radius 1 is 1.38 bits per heavy atom. The van der Waals surface area contributed by atoms with Gasteiger partial charge in [-0.25, -0.2) is 0 Å². The number of aromatic nitrogens is 2. The number of rotatable bonds is 4. The van der Waals surface area contributed by atoms with Gasteiger partial charge in [-0.1, -0.05) is 0 Å². The summed E-state index contributed by atoms with van der Waals surface area (Å²) in [5.41, 5.74) is 0. The van der Waals surface area contributed by atoms with Crippen molar-refractivity contribution in [3.8, 4) is 0 Å².